The number of fused-ring (bicyclic) bond motifs is 1. The third kappa shape index (κ3) is 4.14. The Morgan fingerprint density at radius 3 is 3.00 bits per heavy atom. The Labute approximate surface area is 128 Å². The molecule has 3 rings (SSSR count). The minimum atomic E-state index is 0.590. The first-order chi connectivity index (χ1) is 10.4. The Morgan fingerprint density at radius 2 is 2.14 bits per heavy atom. The molecule has 21 heavy (non-hydrogen) atoms. The Morgan fingerprint density at radius 1 is 1.24 bits per heavy atom. The number of thiazole rings is 1. The molecule has 2 aromatic heterocycles. The van der Waals surface area contributed by atoms with Crippen molar-refractivity contribution in [1.82, 2.24) is 14.7 Å². The van der Waals surface area contributed by atoms with Gasteiger partial charge in [0.2, 0.25) is 0 Å². The minimum absolute atomic E-state index is 0.590. The topological polar surface area (TPSA) is 38.6 Å². The van der Waals surface area contributed by atoms with Crippen LogP contribution in [0.4, 0.5) is 0 Å². The van der Waals surface area contributed by atoms with E-state index in [1.165, 1.54) is 5.56 Å². The molecule has 0 aliphatic rings. The highest BCUT2D eigenvalue weighted by Gasteiger charge is 2.02. The lowest BCUT2D eigenvalue weighted by molar-refractivity contribution is 0.116. The van der Waals surface area contributed by atoms with E-state index in [0.717, 1.165) is 36.8 Å². The molecule has 0 atom stereocenters. The summed E-state index contributed by atoms with van der Waals surface area (Å²) in [6.07, 6.45) is 5.05. The van der Waals surface area contributed by atoms with Gasteiger partial charge in [-0.3, -0.25) is 4.40 Å². The van der Waals surface area contributed by atoms with Crippen molar-refractivity contribution in [3.05, 3.63) is 59.4 Å². The number of hydrogen-bond acceptors (Lipinski definition) is 4. The molecule has 5 heteroatoms. The summed E-state index contributed by atoms with van der Waals surface area (Å²) in [6, 6.07) is 10.4. The highest BCUT2D eigenvalue weighted by atomic mass is 32.1. The second-order valence-electron chi connectivity index (χ2n) is 4.89. The fourth-order valence-corrected chi connectivity index (χ4v) is 2.87. The van der Waals surface area contributed by atoms with Gasteiger partial charge in [-0.2, -0.15) is 0 Å². The molecule has 110 valence electrons. The van der Waals surface area contributed by atoms with Crippen LogP contribution in [0, 0.1) is 0 Å². The van der Waals surface area contributed by atoms with E-state index in [0.29, 0.717) is 6.61 Å². The predicted molar refractivity (Wildman–Crippen MR) is 85.5 cm³/mol. The van der Waals surface area contributed by atoms with Gasteiger partial charge in [-0.15, -0.1) is 11.3 Å². The van der Waals surface area contributed by atoms with Crippen LogP contribution in [0.5, 0.6) is 0 Å². The normalized spacial score (nSPS) is 11.2. The van der Waals surface area contributed by atoms with Crippen molar-refractivity contribution in [2.75, 3.05) is 13.2 Å². The van der Waals surface area contributed by atoms with Crippen LogP contribution in [0.25, 0.3) is 4.96 Å². The molecule has 1 N–H and O–H groups in total. The Kier molecular flexibility index (Phi) is 4.99. The Hall–Kier alpha value is -1.69. The average Bonchev–Trinajstić information content (AvgIpc) is 3.08. The van der Waals surface area contributed by atoms with Gasteiger partial charge in [0.15, 0.2) is 4.96 Å². The van der Waals surface area contributed by atoms with Crippen molar-refractivity contribution in [1.29, 1.82) is 0 Å². The predicted octanol–water partition coefficient (Wildman–Crippen LogP) is 3.09. The lowest BCUT2D eigenvalue weighted by Crippen LogP contribution is -2.16. The Balaban J connectivity index is 1.27. The maximum Gasteiger partial charge on any atom is 0.193 e. The molecule has 0 amide bonds. The van der Waals surface area contributed by atoms with Crippen LogP contribution in [0.15, 0.2) is 48.1 Å². The summed E-state index contributed by atoms with van der Waals surface area (Å²) in [5.74, 6) is 0. The van der Waals surface area contributed by atoms with Gasteiger partial charge in [0.1, 0.15) is 0 Å². The summed E-state index contributed by atoms with van der Waals surface area (Å²) < 4.78 is 7.69. The lowest BCUT2D eigenvalue weighted by atomic mass is 10.2. The number of nitrogens with one attached hydrogen (secondary N) is 1. The molecular formula is C16H19N3OS. The van der Waals surface area contributed by atoms with E-state index in [1.807, 2.05) is 28.2 Å². The van der Waals surface area contributed by atoms with Gasteiger partial charge in [-0.05, 0) is 18.5 Å². The molecule has 0 bridgehead atoms. The number of benzene rings is 1. The highest BCUT2D eigenvalue weighted by Crippen LogP contribution is 2.11. The van der Waals surface area contributed by atoms with Gasteiger partial charge in [0.25, 0.3) is 0 Å². The fraction of sp³-hybridized carbons (Fsp3) is 0.312. The number of hydrogen-bond donors (Lipinski definition) is 1. The van der Waals surface area contributed by atoms with E-state index in [9.17, 15) is 0 Å². The fourth-order valence-electron chi connectivity index (χ4n) is 2.15. The molecule has 0 spiro atoms. The molecule has 0 saturated heterocycles. The van der Waals surface area contributed by atoms with Gasteiger partial charge < -0.3 is 10.1 Å². The van der Waals surface area contributed by atoms with Gasteiger partial charge in [0.05, 0.1) is 12.3 Å². The van der Waals surface area contributed by atoms with Crippen LogP contribution in [0.3, 0.4) is 0 Å². The molecule has 0 aliphatic carbocycles. The van der Waals surface area contributed by atoms with E-state index in [4.69, 9.17) is 4.74 Å². The number of imidazole rings is 1. The second-order valence-corrected chi connectivity index (χ2v) is 5.77. The van der Waals surface area contributed by atoms with Crippen LogP contribution in [0.2, 0.25) is 0 Å². The van der Waals surface area contributed by atoms with Crippen molar-refractivity contribution in [3.8, 4) is 0 Å². The van der Waals surface area contributed by atoms with Crippen LogP contribution in [-0.4, -0.2) is 22.5 Å². The standard InChI is InChI=1S/C16H19N3OS/c1-2-5-14(6-3-1)11-17-7-4-9-20-13-15-12-19-8-10-21-16(19)18-15/h1-3,5-6,8,10,12,17H,4,7,9,11,13H2. The van der Waals surface area contributed by atoms with E-state index >= 15 is 0 Å². The minimum Gasteiger partial charge on any atom is -0.375 e. The zero-order valence-electron chi connectivity index (χ0n) is 11.9. The summed E-state index contributed by atoms with van der Waals surface area (Å²) in [5, 5.41) is 5.45. The SMILES string of the molecule is c1ccc(CNCCCOCc2cn3ccsc3n2)cc1. The van der Waals surface area contributed by atoms with Crippen LogP contribution < -0.4 is 5.32 Å². The van der Waals surface area contributed by atoms with Crippen molar-refractivity contribution in [3.63, 3.8) is 0 Å². The molecule has 4 nitrogen and oxygen atoms in total. The summed E-state index contributed by atoms with van der Waals surface area (Å²) >= 11 is 1.64. The van der Waals surface area contributed by atoms with Crippen molar-refractivity contribution >= 4 is 16.3 Å². The van der Waals surface area contributed by atoms with E-state index in [1.54, 1.807) is 11.3 Å². The molecule has 0 saturated carbocycles. The monoisotopic (exact) mass is 301 g/mol. The summed E-state index contributed by atoms with van der Waals surface area (Å²) in [5.41, 5.74) is 2.32. The Bertz CT molecular complexity index is 634. The molecule has 1 aromatic carbocycles. The summed E-state index contributed by atoms with van der Waals surface area (Å²) in [7, 11) is 0. The molecule has 0 radical (unpaired) electrons. The number of rotatable bonds is 8. The molecular weight excluding hydrogens is 282 g/mol. The first-order valence-electron chi connectivity index (χ1n) is 7.15. The van der Waals surface area contributed by atoms with Crippen LogP contribution >= 0.6 is 11.3 Å². The third-order valence-electron chi connectivity index (χ3n) is 3.21. The van der Waals surface area contributed by atoms with E-state index < -0.39 is 0 Å². The van der Waals surface area contributed by atoms with E-state index in [-0.39, 0.29) is 0 Å². The third-order valence-corrected chi connectivity index (χ3v) is 3.98. The lowest BCUT2D eigenvalue weighted by Gasteiger charge is -2.05. The molecule has 3 aromatic rings. The molecule has 2 heterocycles. The van der Waals surface area contributed by atoms with Crippen molar-refractivity contribution < 1.29 is 4.74 Å². The largest absolute Gasteiger partial charge is 0.375 e. The zero-order chi connectivity index (χ0) is 14.3. The molecule has 0 fully saturated rings. The van der Waals surface area contributed by atoms with Gasteiger partial charge in [0, 0.05) is 30.9 Å². The molecule has 0 aliphatic heterocycles. The van der Waals surface area contributed by atoms with Gasteiger partial charge >= 0.3 is 0 Å². The van der Waals surface area contributed by atoms with Crippen molar-refractivity contribution in [2.45, 2.75) is 19.6 Å². The number of aromatic nitrogens is 2. The van der Waals surface area contributed by atoms with Gasteiger partial charge in [-0.1, -0.05) is 30.3 Å². The van der Waals surface area contributed by atoms with Crippen LogP contribution in [-0.2, 0) is 17.9 Å². The zero-order valence-corrected chi connectivity index (χ0v) is 12.7. The quantitative estimate of drug-likeness (QED) is 0.650. The highest BCUT2D eigenvalue weighted by molar-refractivity contribution is 7.15. The smallest absolute Gasteiger partial charge is 0.193 e. The second kappa shape index (κ2) is 7.36. The first-order valence-corrected chi connectivity index (χ1v) is 8.03. The molecule has 0 unspecified atom stereocenters. The maximum atomic E-state index is 5.66. The summed E-state index contributed by atoms with van der Waals surface area (Å²) in [4.78, 5) is 5.51. The van der Waals surface area contributed by atoms with Crippen LogP contribution in [0.1, 0.15) is 17.7 Å². The van der Waals surface area contributed by atoms with E-state index in [2.05, 4.69) is 34.6 Å². The maximum absolute atomic E-state index is 5.66. The van der Waals surface area contributed by atoms with Gasteiger partial charge in [-0.25, -0.2) is 4.98 Å². The average molecular weight is 301 g/mol. The first kappa shape index (κ1) is 14.3. The summed E-state index contributed by atoms with van der Waals surface area (Å²) in [6.45, 7) is 3.23. The van der Waals surface area contributed by atoms with Crippen molar-refractivity contribution in [2.24, 2.45) is 0 Å². The number of ether oxygens (including phenoxy) is 1. The number of nitrogens with zero attached hydrogens (tertiary/aromatic N) is 2.